The first-order chi connectivity index (χ1) is 13.8. The van der Waals surface area contributed by atoms with Crippen molar-refractivity contribution in [3.63, 3.8) is 0 Å². The Kier molecular flexibility index (Phi) is 6.23. The molecular formula is C19H22N6O2S2. The van der Waals surface area contributed by atoms with E-state index in [2.05, 4.69) is 15.5 Å². The Morgan fingerprint density at radius 2 is 1.93 bits per heavy atom. The van der Waals surface area contributed by atoms with Crippen molar-refractivity contribution in [1.29, 1.82) is 0 Å². The van der Waals surface area contributed by atoms with Crippen LogP contribution in [0.25, 0.3) is 0 Å². The molecule has 152 valence electrons. The maximum atomic E-state index is 12.9. The second-order valence-electron chi connectivity index (χ2n) is 6.50. The minimum Gasteiger partial charge on any atom is -0.368 e. The minimum absolute atomic E-state index is 0.150. The van der Waals surface area contributed by atoms with E-state index in [-0.39, 0.29) is 11.9 Å². The molecule has 10 heteroatoms. The van der Waals surface area contributed by atoms with Gasteiger partial charge in [0.15, 0.2) is 5.16 Å². The zero-order chi connectivity index (χ0) is 21.1. The Balaban J connectivity index is 1.79. The number of thiophene rings is 1. The number of thioether (sulfide) groups is 1. The van der Waals surface area contributed by atoms with Gasteiger partial charge in [0, 0.05) is 10.6 Å². The van der Waals surface area contributed by atoms with E-state index in [4.69, 9.17) is 11.5 Å². The highest BCUT2D eigenvalue weighted by molar-refractivity contribution is 7.98. The van der Waals surface area contributed by atoms with Gasteiger partial charge in [-0.1, -0.05) is 42.1 Å². The van der Waals surface area contributed by atoms with Crippen LogP contribution in [-0.4, -0.2) is 26.6 Å². The molecule has 8 nitrogen and oxygen atoms in total. The molecule has 3 rings (SSSR count). The largest absolute Gasteiger partial charge is 0.368 e. The van der Waals surface area contributed by atoms with Crippen LogP contribution in [0, 0.1) is 13.8 Å². The van der Waals surface area contributed by atoms with Crippen molar-refractivity contribution < 1.29 is 9.59 Å². The monoisotopic (exact) mass is 430 g/mol. The Morgan fingerprint density at radius 3 is 2.59 bits per heavy atom. The number of hydrogen-bond acceptors (Lipinski definition) is 7. The van der Waals surface area contributed by atoms with Crippen LogP contribution in [0.4, 0.5) is 10.9 Å². The summed E-state index contributed by atoms with van der Waals surface area (Å²) in [6.45, 7) is 5.39. The van der Waals surface area contributed by atoms with Gasteiger partial charge in [-0.15, -0.1) is 21.5 Å². The summed E-state index contributed by atoms with van der Waals surface area (Å²) in [5.41, 5.74) is 13.7. The van der Waals surface area contributed by atoms with Crippen LogP contribution in [0.15, 0.2) is 35.5 Å². The number of nitrogen functional groups attached to an aromatic ring is 1. The predicted octanol–water partition coefficient (Wildman–Crippen LogP) is 3.13. The number of nitrogens with one attached hydrogen (secondary N) is 1. The van der Waals surface area contributed by atoms with Gasteiger partial charge in [0.2, 0.25) is 11.9 Å². The molecule has 0 bridgehead atoms. The van der Waals surface area contributed by atoms with Crippen LogP contribution in [-0.2, 0) is 10.5 Å². The van der Waals surface area contributed by atoms with E-state index >= 15 is 0 Å². The van der Waals surface area contributed by atoms with Gasteiger partial charge in [-0.05, 0) is 31.9 Å². The number of primary amides is 1. The summed E-state index contributed by atoms with van der Waals surface area (Å²) in [6.07, 6.45) is 0. The predicted molar refractivity (Wildman–Crippen MR) is 116 cm³/mol. The van der Waals surface area contributed by atoms with Crippen molar-refractivity contribution in [3.05, 3.63) is 51.9 Å². The number of amides is 2. The van der Waals surface area contributed by atoms with Gasteiger partial charge in [0.1, 0.15) is 11.0 Å². The second-order valence-corrected chi connectivity index (χ2v) is 8.67. The number of anilines is 2. The fraction of sp³-hybridized carbons (Fsp3) is 0.263. The summed E-state index contributed by atoms with van der Waals surface area (Å²) < 4.78 is 1.58. The molecule has 3 aromatic rings. The summed E-state index contributed by atoms with van der Waals surface area (Å²) in [7, 11) is 0. The van der Waals surface area contributed by atoms with Crippen LogP contribution >= 0.6 is 23.1 Å². The highest BCUT2D eigenvalue weighted by Crippen LogP contribution is 2.33. The summed E-state index contributed by atoms with van der Waals surface area (Å²) in [4.78, 5) is 25.6. The topological polar surface area (TPSA) is 129 Å². The highest BCUT2D eigenvalue weighted by atomic mass is 32.2. The third-order valence-corrected chi connectivity index (χ3v) is 6.67. The molecule has 5 N–H and O–H groups in total. The van der Waals surface area contributed by atoms with Crippen molar-refractivity contribution in [1.82, 2.24) is 14.8 Å². The molecule has 2 aromatic heterocycles. The minimum atomic E-state index is -0.674. The molecule has 29 heavy (non-hydrogen) atoms. The number of carbonyl (C=O) groups is 2. The highest BCUT2D eigenvalue weighted by Gasteiger charge is 2.25. The lowest BCUT2D eigenvalue weighted by Crippen LogP contribution is -2.26. The first kappa shape index (κ1) is 20.9. The molecule has 0 saturated carbocycles. The lowest BCUT2D eigenvalue weighted by molar-refractivity contribution is -0.118. The molecule has 0 fully saturated rings. The normalized spacial score (nSPS) is 12.0. The standard InChI is InChI=1S/C19H22N6O2S2/c1-10-12(3)29-17(14(10)15(20)26)22-16(27)11(2)25-18(21)23-24-19(25)28-9-13-7-5-4-6-8-13/h4-8,11H,9H2,1-3H3,(H2,20,26)(H2,21,23)(H,22,27). The molecular weight excluding hydrogens is 408 g/mol. The maximum Gasteiger partial charge on any atom is 0.251 e. The van der Waals surface area contributed by atoms with E-state index in [9.17, 15) is 9.59 Å². The molecule has 1 atom stereocenters. The molecule has 0 aliphatic heterocycles. The second kappa shape index (κ2) is 8.66. The van der Waals surface area contributed by atoms with Gasteiger partial charge in [-0.2, -0.15) is 0 Å². The van der Waals surface area contributed by atoms with Gasteiger partial charge >= 0.3 is 0 Å². The quantitative estimate of drug-likeness (QED) is 0.494. The van der Waals surface area contributed by atoms with E-state index in [0.717, 1.165) is 16.0 Å². The fourth-order valence-corrected chi connectivity index (χ4v) is 4.86. The van der Waals surface area contributed by atoms with Crippen LogP contribution in [0.2, 0.25) is 0 Å². The Morgan fingerprint density at radius 1 is 1.24 bits per heavy atom. The number of benzene rings is 1. The molecule has 0 radical (unpaired) electrons. The average Bonchev–Trinajstić information content (AvgIpc) is 3.19. The van der Waals surface area contributed by atoms with E-state index < -0.39 is 11.9 Å². The number of nitrogens with two attached hydrogens (primary N) is 2. The molecule has 1 aromatic carbocycles. The van der Waals surface area contributed by atoms with Gasteiger partial charge in [0.25, 0.3) is 5.91 Å². The molecule has 0 aliphatic carbocycles. The molecule has 0 aliphatic rings. The Hall–Kier alpha value is -2.85. The third-order valence-electron chi connectivity index (χ3n) is 4.54. The number of aromatic nitrogens is 3. The number of nitrogens with zero attached hydrogens (tertiary/aromatic N) is 3. The van der Waals surface area contributed by atoms with Gasteiger partial charge in [-0.3, -0.25) is 14.2 Å². The molecule has 0 saturated heterocycles. The fourth-order valence-electron chi connectivity index (χ4n) is 2.82. The van der Waals surface area contributed by atoms with Crippen LogP contribution < -0.4 is 16.8 Å². The molecule has 2 heterocycles. The lowest BCUT2D eigenvalue weighted by Gasteiger charge is -2.16. The maximum absolute atomic E-state index is 12.9. The number of hydrogen-bond donors (Lipinski definition) is 3. The summed E-state index contributed by atoms with van der Waals surface area (Å²) >= 11 is 2.76. The Bertz CT molecular complexity index is 1040. The number of carbonyl (C=O) groups excluding carboxylic acids is 2. The third kappa shape index (κ3) is 4.43. The van der Waals surface area contributed by atoms with Crippen molar-refractivity contribution >= 4 is 45.9 Å². The van der Waals surface area contributed by atoms with E-state index in [1.807, 2.05) is 37.3 Å². The van der Waals surface area contributed by atoms with Crippen LogP contribution in [0.1, 0.15) is 39.3 Å². The van der Waals surface area contributed by atoms with E-state index in [1.165, 1.54) is 23.1 Å². The first-order valence-corrected chi connectivity index (χ1v) is 10.7. The van der Waals surface area contributed by atoms with E-state index in [0.29, 0.717) is 21.5 Å². The zero-order valence-corrected chi connectivity index (χ0v) is 17.9. The Labute approximate surface area is 176 Å². The average molecular weight is 431 g/mol. The molecule has 1 unspecified atom stereocenters. The van der Waals surface area contributed by atoms with Crippen LogP contribution in [0.3, 0.4) is 0 Å². The molecule has 2 amide bonds. The number of rotatable bonds is 7. The van der Waals surface area contributed by atoms with Crippen molar-refractivity contribution in [3.8, 4) is 0 Å². The summed E-state index contributed by atoms with van der Waals surface area (Å²) in [5.74, 6) is -0.0842. The summed E-state index contributed by atoms with van der Waals surface area (Å²) in [5, 5.41) is 11.8. The van der Waals surface area contributed by atoms with Crippen molar-refractivity contribution in [2.45, 2.75) is 37.7 Å². The smallest absolute Gasteiger partial charge is 0.251 e. The van der Waals surface area contributed by atoms with Gasteiger partial charge < -0.3 is 16.8 Å². The SMILES string of the molecule is Cc1sc(NC(=O)C(C)n2c(N)nnc2SCc2ccccc2)c(C(N)=O)c1C. The van der Waals surface area contributed by atoms with Crippen LogP contribution in [0.5, 0.6) is 0 Å². The zero-order valence-electron chi connectivity index (χ0n) is 16.3. The van der Waals surface area contributed by atoms with Crippen molar-refractivity contribution in [2.75, 3.05) is 11.1 Å². The summed E-state index contributed by atoms with van der Waals surface area (Å²) in [6, 6.07) is 9.24. The lowest BCUT2D eigenvalue weighted by atomic mass is 10.1. The number of aryl methyl sites for hydroxylation is 1. The van der Waals surface area contributed by atoms with Gasteiger partial charge in [-0.25, -0.2) is 0 Å². The van der Waals surface area contributed by atoms with E-state index in [1.54, 1.807) is 18.4 Å². The van der Waals surface area contributed by atoms with Crippen molar-refractivity contribution in [2.24, 2.45) is 5.73 Å². The first-order valence-electron chi connectivity index (χ1n) is 8.87. The van der Waals surface area contributed by atoms with Gasteiger partial charge in [0.05, 0.1) is 5.56 Å². The molecule has 0 spiro atoms.